The lowest BCUT2D eigenvalue weighted by Gasteiger charge is -2.18. The summed E-state index contributed by atoms with van der Waals surface area (Å²) < 4.78 is 0.980. The zero-order valence-electron chi connectivity index (χ0n) is 11.2. The second-order valence-electron chi connectivity index (χ2n) is 5.18. The summed E-state index contributed by atoms with van der Waals surface area (Å²) >= 11 is 9.27. The van der Waals surface area contributed by atoms with Gasteiger partial charge in [-0.25, -0.2) is 4.79 Å². The van der Waals surface area contributed by atoms with Crippen LogP contribution in [0.15, 0.2) is 53.0 Å². The van der Waals surface area contributed by atoms with Crippen molar-refractivity contribution >= 4 is 39.2 Å². The van der Waals surface area contributed by atoms with Crippen molar-refractivity contribution < 1.29 is 4.79 Å². The topological polar surface area (TPSA) is 41.1 Å². The van der Waals surface area contributed by atoms with E-state index in [0.717, 1.165) is 28.6 Å². The SMILES string of the molecule is O=C(Nc1ccc(Br)cc1)NC1(c2ccc(Cl)cc2)CC1. The molecule has 0 unspecified atom stereocenters. The van der Waals surface area contributed by atoms with Crippen LogP contribution in [0.3, 0.4) is 0 Å². The molecule has 1 aliphatic carbocycles. The van der Waals surface area contributed by atoms with Gasteiger partial charge in [0.1, 0.15) is 0 Å². The van der Waals surface area contributed by atoms with Gasteiger partial charge in [0, 0.05) is 15.2 Å². The molecular formula is C16H14BrClN2O. The monoisotopic (exact) mass is 364 g/mol. The molecule has 1 saturated carbocycles. The Balaban J connectivity index is 1.67. The standard InChI is InChI=1S/C16H14BrClN2O/c17-12-3-7-14(8-4-12)19-15(21)20-16(9-10-16)11-1-5-13(18)6-2-11/h1-8H,9-10H2,(H2,19,20,21). The van der Waals surface area contributed by atoms with Gasteiger partial charge in [0.2, 0.25) is 0 Å². The number of urea groups is 1. The first-order valence-electron chi connectivity index (χ1n) is 6.68. The summed E-state index contributed by atoms with van der Waals surface area (Å²) in [6.07, 6.45) is 1.89. The van der Waals surface area contributed by atoms with E-state index in [2.05, 4.69) is 26.6 Å². The molecule has 3 nitrogen and oxygen atoms in total. The van der Waals surface area contributed by atoms with Gasteiger partial charge in [0.05, 0.1) is 5.54 Å². The molecule has 5 heteroatoms. The average molecular weight is 366 g/mol. The van der Waals surface area contributed by atoms with E-state index in [4.69, 9.17) is 11.6 Å². The third kappa shape index (κ3) is 3.39. The highest BCUT2D eigenvalue weighted by Crippen LogP contribution is 2.45. The van der Waals surface area contributed by atoms with Crippen LogP contribution < -0.4 is 10.6 Å². The molecule has 2 N–H and O–H groups in total. The molecule has 0 aliphatic heterocycles. The molecule has 0 spiro atoms. The molecule has 0 saturated heterocycles. The van der Waals surface area contributed by atoms with Crippen LogP contribution >= 0.6 is 27.5 Å². The molecule has 2 aromatic rings. The maximum atomic E-state index is 12.1. The third-order valence-corrected chi connectivity index (χ3v) is 4.38. The van der Waals surface area contributed by atoms with E-state index < -0.39 is 0 Å². The van der Waals surface area contributed by atoms with Crippen molar-refractivity contribution in [2.75, 3.05) is 5.32 Å². The highest BCUT2D eigenvalue weighted by atomic mass is 79.9. The first-order valence-corrected chi connectivity index (χ1v) is 7.85. The fourth-order valence-electron chi connectivity index (χ4n) is 2.29. The molecule has 21 heavy (non-hydrogen) atoms. The second-order valence-corrected chi connectivity index (χ2v) is 6.53. The Labute approximate surface area is 136 Å². The lowest BCUT2D eigenvalue weighted by atomic mass is 10.1. The summed E-state index contributed by atoms with van der Waals surface area (Å²) in [5.41, 5.74) is 1.62. The predicted molar refractivity (Wildman–Crippen MR) is 88.7 cm³/mol. The van der Waals surface area contributed by atoms with E-state index in [1.165, 1.54) is 0 Å². The summed E-state index contributed by atoms with van der Waals surface area (Å²) in [4.78, 5) is 12.1. The number of anilines is 1. The van der Waals surface area contributed by atoms with Crippen molar-refractivity contribution in [2.45, 2.75) is 18.4 Å². The van der Waals surface area contributed by atoms with Crippen molar-refractivity contribution in [1.29, 1.82) is 0 Å². The smallest absolute Gasteiger partial charge is 0.319 e. The van der Waals surface area contributed by atoms with Crippen molar-refractivity contribution in [3.63, 3.8) is 0 Å². The lowest BCUT2D eigenvalue weighted by Crippen LogP contribution is -2.38. The quantitative estimate of drug-likeness (QED) is 0.797. The van der Waals surface area contributed by atoms with E-state index in [9.17, 15) is 4.79 Å². The second kappa shape index (κ2) is 5.70. The van der Waals surface area contributed by atoms with E-state index in [1.807, 2.05) is 48.5 Å². The summed E-state index contributed by atoms with van der Waals surface area (Å²) in [6, 6.07) is 14.9. The molecular weight excluding hydrogens is 352 g/mol. The van der Waals surface area contributed by atoms with Crippen LogP contribution in [0.1, 0.15) is 18.4 Å². The third-order valence-electron chi connectivity index (χ3n) is 3.60. The molecule has 3 rings (SSSR count). The minimum absolute atomic E-state index is 0.190. The first kappa shape index (κ1) is 14.4. The molecule has 0 radical (unpaired) electrons. The first-order chi connectivity index (χ1) is 10.1. The van der Waals surface area contributed by atoms with Crippen LogP contribution in [0.25, 0.3) is 0 Å². The Bertz CT molecular complexity index is 651. The molecule has 0 bridgehead atoms. The molecule has 2 aromatic carbocycles. The number of amides is 2. The predicted octanol–water partition coefficient (Wildman–Crippen LogP) is 4.91. The zero-order chi connectivity index (χ0) is 14.9. The summed E-state index contributed by atoms with van der Waals surface area (Å²) in [5, 5.41) is 6.61. The Hall–Kier alpha value is -1.52. The number of carbonyl (C=O) groups is 1. The van der Waals surface area contributed by atoms with Gasteiger partial charge >= 0.3 is 6.03 Å². The maximum absolute atomic E-state index is 12.1. The normalized spacial score (nSPS) is 15.3. The Morgan fingerprint density at radius 3 is 2.24 bits per heavy atom. The fraction of sp³-hybridized carbons (Fsp3) is 0.188. The maximum Gasteiger partial charge on any atom is 0.319 e. The molecule has 2 amide bonds. The van der Waals surface area contributed by atoms with Crippen molar-refractivity contribution in [1.82, 2.24) is 5.32 Å². The number of rotatable bonds is 3. The molecule has 1 fully saturated rings. The molecule has 1 aliphatic rings. The molecule has 108 valence electrons. The van der Waals surface area contributed by atoms with E-state index in [-0.39, 0.29) is 11.6 Å². The molecule has 0 atom stereocenters. The van der Waals surface area contributed by atoms with Gasteiger partial charge in [0.25, 0.3) is 0 Å². The molecule has 0 aromatic heterocycles. The van der Waals surface area contributed by atoms with Crippen molar-refractivity contribution in [2.24, 2.45) is 0 Å². The molecule has 0 heterocycles. The zero-order valence-corrected chi connectivity index (χ0v) is 13.5. The number of hydrogen-bond acceptors (Lipinski definition) is 1. The van der Waals surface area contributed by atoms with Gasteiger partial charge in [-0.1, -0.05) is 39.7 Å². The minimum atomic E-state index is -0.246. The Kier molecular flexibility index (Phi) is 3.91. The average Bonchev–Trinajstić information content (AvgIpc) is 3.23. The summed E-state index contributed by atoms with van der Waals surface area (Å²) in [6.45, 7) is 0. The van der Waals surface area contributed by atoms with Crippen molar-refractivity contribution in [3.8, 4) is 0 Å². The van der Waals surface area contributed by atoms with Gasteiger partial charge in [-0.15, -0.1) is 0 Å². The highest BCUT2D eigenvalue weighted by molar-refractivity contribution is 9.10. The van der Waals surface area contributed by atoms with Crippen LogP contribution in [0.2, 0.25) is 5.02 Å². The van der Waals surface area contributed by atoms with Crippen LogP contribution in [-0.2, 0) is 5.54 Å². The van der Waals surface area contributed by atoms with Crippen LogP contribution in [0, 0.1) is 0 Å². The fourth-order valence-corrected chi connectivity index (χ4v) is 2.68. The van der Waals surface area contributed by atoms with Crippen LogP contribution in [0.5, 0.6) is 0 Å². The number of benzene rings is 2. The van der Waals surface area contributed by atoms with Gasteiger partial charge in [-0.2, -0.15) is 0 Å². The van der Waals surface area contributed by atoms with Crippen LogP contribution in [-0.4, -0.2) is 6.03 Å². The highest BCUT2D eigenvalue weighted by Gasteiger charge is 2.45. The lowest BCUT2D eigenvalue weighted by molar-refractivity contribution is 0.247. The largest absolute Gasteiger partial charge is 0.328 e. The summed E-state index contributed by atoms with van der Waals surface area (Å²) in [5.74, 6) is 0. The van der Waals surface area contributed by atoms with Gasteiger partial charge in [-0.3, -0.25) is 0 Å². The van der Waals surface area contributed by atoms with E-state index in [1.54, 1.807) is 0 Å². The Morgan fingerprint density at radius 1 is 1.05 bits per heavy atom. The number of halogens is 2. The minimum Gasteiger partial charge on any atom is -0.328 e. The van der Waals surface area contributed by atoms with E-state index in [0.29, 0.717) is 5.02 Å². The summed E-state index contributed by atoms with van der Waals surface area (Å²) in [7, 11) is 0. The van der Waals surface area contributed by atoms with Crippen LogP contribution in [0.4, 0.5) is 10.5 Å². The van der Waals surface area contributed by atoms with Gasteiger partial charge < -0.3 is 10.6 Å². The van der Waals surface area contributed by atoms with Crippen molar-refractivity contribution in [3.05, 3.63) is 63.6 Å². The number of carbonyl (C=O) groups excluding carboxylic acids is 1. The van der Waals surface area contributed by atoms with Gasteiger partial charge in [-0.05, 0) is 54.8 Å². The Morgan fingerprint density at radius 2 is 1.67 bits per heavy atom. The van der Waals surface area contributed by atoms with Gasteiger partial charge in [0.15, 0.2) is 0 Å². The number of nitrogens with one attached hydrogen (secondary N) is 2. The number of hydrogen-bond donors (Lipinski definition) is 2. The van der Waals surface area contributed by atoms with E-state index >= 15 is 0 Å².